The Bertz CT molecular complexity index is 914. The summed E-state index contributed by atoms with van der Waals surface area (Å²) in [6, 6.07) is 21.2. The molecule has 26 heavy (non-hydrogen) atoms. The molecule has 1 N–H and O–H groups in total. The van der Waals surface area contributed by atoms with E-state index in [9.17, 15) is 0 Å². The van der Waals surface area contributed by atoms with Crippen molar-refractivity contribution < 1.29 is 4.74 Å². The monoisotopic (exact) mass is 492 g/mol. The molecule has 132 valence electrons. The molecule has 0 saturated carbocycles. The Hall–Kier alpha value is -1.82. The van der Waals surface area contributed by atoms with Crippen LogP contribution in [0.3, 0.4) is 0 Å². The van der Waals surface area contributed by atoms with Gasteiger partial charge in [0.2, 0.25) is 0 Å². The van der Waals surface area contributed by atoms with Crippen LogP contribution in [0.5, 0.6) is 5.75 Å². The number of anilines is 1. The maximum atomic E-state index is 6.19. The van der Waals surface area contributed by atoms with Gasteiger partial charge in [-0.25, -0.2) is 0 Å². The molecular weight excluding hydrogens is 479 g/mol. The Balaban J connectivity index is 1.72. The van der Waals surface area contributed by atoms with E-state index >= 15 is 0 Å². The molecule has 0 unspecified atom stereocenters. The predicted octanol–water partition coefficient (Wildman–Crippen LogP) is 6.89. The average molecular weight is 495 g/mol. The lowest BCUT2D eigenvalue weighted by Crippen LogP contribution is -2.00. The first-order chi connectivity index (χ1) is 12.6. The lowest BCUT2D eigenvalue weighted by atomic mass is 10.2. The van der Waals surface area contributed by atoms with Gasteiger partial charge in [-0.1, -0.05) is 61.7 Å². The summed E-state index contributed by atoms with van der Waals surface area (Å²) in [7, 11) is 0. The minimum absolute atomic E-state index is 0.391. The summed E-state index contributed by atoms with van der Waals surface area (Å²) in [6.07, 6.45) is 1.73. The minimum Gasteiger partial charge on any atom is -0.488 e. The molecule has 6 heteroatoms. The van der Waals surface area contributed by atoms with Crippen molar-refractivity contribution in [2.24, 2.45) is 5.10 Å². The van der Waals surface area contributed by atoms with Crippen LogP contribution in [0.25, 0.3) is 0 Å². The van der Waals surface area contributed by atoms with Crippen molar-refractivity contribution in [2.75, 3.05) is 5.43 Å². The van der Waals surface area contributed by atoms with E-state index in [0.717, 1.165) is 31.5 Å². The van der Waals surface area contributed by atoms with E-state index < -0.39 is 0 Å². The van der Waals surface area contributed by atoms with Crippen molar-refractivity contribution >= 4 is 55.4 Å². The smallest absolute Gasteiger partial charge is 0.128 e. The minimum atomic E-state index is 0.391. The summed E-state index contributed by atoms with van der Waals surface area (Å²) in [5, 5.41) is 4.99. The fraction of sp³-hybridized carbons (Fsp3) is 0.0500. The van der Waals surface area contributed by atoms with Gasteiger partial charge in [0.1, 0.15) is 12.4 Å². The number of nitrogens with one attached hydrogen (secondary N) is 1. The van der Waals surface area contributed by atoms with Gasteiger partial charge in [-0.2, -0.15) is 5.10 Å². The van der Waals surface area contributed by atoms with Crippen molar-refractivity contribution in [3.8, 4) is 5.75 Å². The summed E-state index contributed by atoms with van der Waals surface area (Å²) in [5.74, 6) is 0.731. The summed E-state index contributed by atoms with van der Waals surface area (Å²) in [6.45, 7) is 0.391. The van der Waals surface area contributed by atoms with E-state index in [1.54, 1.807) is 6.21 Å². The van der Waals surface area contributed by atoms with Gasteiger partial charge in [-0.3, -0.25) is 5.43 Å². The van der Waals surface area contributed by atoms with Crippen LogP contribution >= 0.6 is 43.5 Å². The lowest BCUT2D eigenvalue weighted by Gasteiger charge is -2.10. The molecule has 0 aliphatic heterocycles. The normalized spacial score (nSPS) is 10.9. The molecule has 3 aromatic carbocycles. The van der Waals surface area contributed by atoms with Gasteiger partial charge in [0.25, 0.3) is 0 Å². The number of rotatable bonds is 6. The van der Waals surface area contributed by atoms with Gasteiger partial charge < -0.3 is 4.74 Å². The molecule has 0 aliphatic carbocycles. The van der Waals surface area contributed by atoms with Crippen molar-refractivity contribution in [3.63, 3.8) is 0 Å². The van der Waals surface area contributed by atoms with Gasteiger partial charge in [0, 0.05) is 25.1 Å². The molecule has 0 aliphatic rings. The standard InChI is InChI=1S/C20H15Br2ClN2O/c21-16-5-8-18(9-6-16)25-24-12-15-11-17(22)7-10-20(15)26-13-14-3-1-2-4-19(14)23/h1-12,25H,13H2/b24-12+. The summed E-state index contributed by atoms with van der Waals surface area (Å²) in [5.41, 5.74) is 5.70. The van der Waals surface area contributed by atoms with Gasteiger partial charge >= 0.3 is 0 Å². The summed E-state index contributed by atoms with van der Waals surface area (Å²) in [4.78, 5) is 0. The van der Waals surface area contributed by atoms with Crippen LogP contribution in [-0.4, -0.2) is 6.21 Å². The van der Waals surface area contributed by atoms with E-state index in [0.29, 0.717) is 11.6 Å². The molecule has 0 fully saturated rings. The molecule has 0 bridgehead atoms. The lowest BCUT2D eigenvalue weighted by molar-refractivity contribution is 0.306. The molecule has 0 radical (unpaired) electrons. The van der Waals surface area contributed by atoms with Crippen molar-refractivity contribution in [2.45, 2.75) is 6.61 Å². The highest BCUT2D eigenvalue weighted by molar-refractivity contribution is 9.10. The zero-order valence-electron chi connectivity index (χ0n) is 13.6. The van der Waals surface area contributed by atoms with E-state index in [2.05, 4.69) is 42.4 Å². The van der Waals surface area contributed by atoms with E-state index in [4.69, 9.17) is 16.3 Å². The molecule has 0 heterocycles. The SMILES string of the molecule is Clc1ccccc1COc1ccc(Br)cc1/C=N/Nc1ccc(Br)cc1. The Morgan fingerprint density at radius 1 is 0.962 bits per heavy atom. The molecule has 3 rings (SSSR count). The molecule has 0 aromatic heterocycles. The molecule has 3 nitrogen and oxygen atoms in total. The van der Waals surface area contributed by atoms with Crippen LogP contribution in [0, 0.1) is 0 Å². The quantitative estimate of drug-likeness (QED) is 0.299. The predicted molar refractivity (Wildman–Crippen MR) is 115 cm³/mol. The molecule has 0 atom stereocenters. The number of hydrazone groups is 1. The zero-order valence-corrected chi connectivity index (χ0v) is 17.6. The van der Waals surface area contributed by atoms with E-state index in [-0.39, 0.29) is 0 Å². The molecule has 3 aromatic rings. The van der Waals surface area contributed by atoms with Gasteiger partial charge in [-0.15, -0.1) is 0 Å². The topological polar surface area (TPSA) is 33.6 Å². The molecule has 0 saturated heterocycles. The number of hydrogen-bond acceptors (Lipinski definition) is 3. The van der Waals surface area contributed by atoms with Crippen LogP contribution in [-0.2, 0) is 6.61 Å². The van der Waals surface area contributed by atoms with Crippen molar-refractivity contribution in [3.05, 3.63) is 91.8 Å². The van der Waals surface area contributed by atoms with Gasteiger partial charge in [0.15, 0.2) is 0 Å². The van der Waals surface area contributed by atoms with Crippen molar-refractivity contribution in [1.82, 2.24) is 0 Å². The fourth-order valence-electron chi connectivity index (χ4n) is 2.22. The fourth-order valence-corrected chi connectivity index (χ4v) is 3.06. The Kier molecular flexibility index (Phi) is 6.72. The first-order valence-corrected chi connectivity index (χ1v) is 9.78. The third-order valence-corrected chi connectivity index (χ3v) is 4.94. The highest BCUT2D eigenvalue weighted by Gasteiger charge is 2.05. The number of ether oxygens (including phenoxy) is 1. The Morgan fingerprint density at radius 3 is 2.46 bits per heavy atom. The first kappa shape index (κ1) is 19.0. The zero-order chi connectivity index (χ0) is 18.4. The summed E-state index contributed by atoms with van der Waals surface area (Å²) < 4.78 is 7.92. The third kappa shape index (κ3) is 5.34. The Morgan fingerprint density at radius 2 is 1.69 bits per heavy atom. The van der Waals surface area contributed by atoms with Crippen LogP contribution in [0.4, 0.5) is 5.69 Å². The van der Waals surface area contributed by atoms with Crippen LogP contribution in [0.15, 0.2) is 80.8 Å². The molecule has 0 amide bonds. The number of nitrogens with zero attached hydrogens (tertiary/aromatic N) is 1. The van der Waals surface area contributed by atoms with Gasteiger partial charge in [-0.05, 0) is 48.5 Å². The number of halogens is 3. The maximum Gasteiger partial charge on any atom is 0.128 e. The second-order valence-corrected chi connectivity index (χ2v) is 7.68. The number of benzene rings is 3. The first-order valence-electron chi connectivity index (χ1n) is 7.82. The largest absolute Gasteiger partial charge is 0.488 e. The maximum absolute atomic E-state index is 6.19. The second-order valence-electron chi connectivity index (χ2n) is 5.44. The van der Waals surface area contributed by atoms with Crippen LogP contribution in [0.1, 0.15) is 11.1 Å². The molecular formula is C20H15Br2ClN2O. The van der Waals surface area contributed by atoms with Crippen molar-refractivity contribution in [1.29, 1.82) is 0 Å². The summed E-state index contributed by atoms with van der Waals surface area (Å²) >= 11 is 13.1. The average Bonchev–Trinajstić information content (AvgIpc) is 2.64. The van der Waals surface area contributed by atoms with E-state index in [1.165, 1.54) is 0 Å². The molecule has 0 spiro atoms. The van der Waals surface area contributed by atoms with Crippen LogP contribution in [0.2, 0.25) is 5.02 Å². The van der Waals surface area contributed by atoms with Gasteiger partial charge in [0.05, 0.1) is 11.9 Å². The highest BCUT2D eigenvalue weighted by Crippen LogP contribution is 2.24. The van der Waals surface area contributed by atoms with Crippen LogP contribution < -0.4 is 10.2 Å². The Labute approximate surface area is 174 Å². The number of hydrogen-bond donors (Lipinski definition) is 1. The third-order valence-electron chi connectivity index (χ3n) is 3.55. The second kappa shape index (κ2) is 9.21. The highest BCUT2D eigenvalue weighted by atomic mass is 79.9. The van der Waals surface area contributed by atoms with E-state index in [1.807, 2.05) is 66.7 Å².